The molecular weight excluding hydrogens is 141 g/mol. The van der Waals surface area contributed by atoms with E-state index >= 15 is 0 Å². The molecule has 0 atom stereocenters. The van der Waals surface area contributed by atoms with E-state index < -0.39 is 7.05 Å². The Hall–Kier alpha value is 0.230. The van der Waals surface area contributed by atoms with E-state index in [1.807, 2.05) is 7.05 Å². The second kappa shape index (κ2) is 3.09. The van der Waals surface area contributed by atoms with Crippen LogP contribution in [0.4, 0.5) is 0 Å². The number of nitrogens with zero attached hydrogens (tertiary/aromatic N) is 1. The molecule has 2 heteroatoms. The molecule has 0 unspecified atom stereocenters. The second-order valence-corrected chi connectivity index (χ2v) is 7.71. The molecule has 0 aromatic rings. The van der Waals surface area contributed by atoms with E-state index in [0.717, 1.165) is 5.66 Å². The Morgan fingerprint density at radius 1 is 1.20 bits per heavy atom. The van der Waals surface area contributed by atoms with Gasteiger partial charge in [0, 0.05) is 7.05 Å². The maximum Gasteiger partial charge on any atom is 0.0261 e. The third kappa shape index (κ3) is 1.63. The predicted molar refractivity (Wildman–Crippen MR) is 49.4 cm³/mol. The molecule has 1 rings (SSSR count). The van der Waals surface area contributed by atoms with Gasteiger partial charge in [-0.05, 0) is 38.9 Å². The summed E-state index contributed by atoms with van der Waals surface area (Å²) >= 11 is 0. The van der Waals surface area contributed by atoms with Crippen molar-refractivity contribution in [2.24, 2.45) is 4.74 Å². The predicted octanol–water partition coefficient (Wildman–Crippen LogP) is 3.02. The minimum Gasteiger partial charge on any atom is -0.307 e. The Morgan fingerprint density at radius 3 is 2.10 bits per heavy atom. The Kier molecular flexibility index (Phi) is 2.57. The zero-order valence-corrected chi connectivity index (χ0v) is 8.19. The van der Waals surface area contributed by atoms with Crippen LogP contribution in [0.5, 0.6) is 0 Å². The molecule has 1 aliphatic rings. The van der Waals surface area contributed by atoms with Gasteiger partial charge in [0.05, 0.1) is 0 Å². The molecule has 0 heterocycles. The van der Waals surface area contributed by atoms with Gasteiger partial charge in [-0.2, -0.15) is 0 Å². The molecule has 0 spiro atoms. The van der Waals surface area contributed by atoms with Gasteiger partial charge in [0.15, 0.2) is 0 Å². The monoisotopic (exact) mass is 159 g/mol. The molecular formula is C8H18NP. The normalized spacial score (nSPS) is 21.5. The van der Waals surface area contributed by atoms with Crippen LogP contribution in [-0.4, -0.2) is 26.0 Å². The van der Waals surface area contributed by atoms with Crippen LogP contribution in [0.15, 0.2) is 4.74 Å². The summed E-state index contributed by atoms with van der Waals surface area (Å²) in [6, 6.07) is 0. The highest BCUT2D eigenvalue weighted by Gasteiger charge is 2.23. The van der Waals surface area contributed by atoms with Gasteiger partial charge in [-0.25, -0.2) is 0 Å². The Balaban J connectivity index is 2.63. The average molecular weight is 159 g/mol. The Morgan fingerprint density at radius 2 is 1.70 bits per heavy atom. The summed E-state index contributed by atoms with van der Waals surface area (Å²) in [6.45, 7) is 4.73. The smallest absolute Gasteiger partial charge is 0.0261 e. The zero-order valence-electron chi connectivity index (χ0n) is 7.30. The summed E-state index contributed by atoms with van der Waals surface area (Å²) in [5.41, 5.74) is 0.970. The van der Waals surface area contributed by atoms with Crippen LogP contribution in [0.2, 0.25) is 0 Å². The molecule has 0 bridgehead atoms. The van der Waals surface area contributed by atoms with E-state index in [1.54, 1.807) is 0 Å². The summed E-state index contributed by atoms with van der Waals surface area (Å²) in [5, 5.41) is 0. The van der Waals surface area contributed by atoms with E-state index in [1.165, 1.54) is 25.7 Å². The quantitative estimate of drug-likeness (QED) is 0.521. The maximum absolute atomic E-state index is 4.51. The summed E-state index contributed by atoms with van der Waals surface area (Å²) in [5.74, 6) is 0. The van der Waals surface area contributed by atoms with Crippen LogP contribution >= 0.6 is 7.05 Å². The standard InChI is InChI=1S/C8H18NP/c1-9-10(2,3)8-6-4-5-7-8/h8H,4-7H2,1-3H3. The molecule has 0 N–H and O–H groups in total. The van der Waals surface area contributed by atoms with Crippen molar-refractivity contribution in [2.45, 2.75) is 31.3 Å². The lowest BCUT2D eigenvalue weighted by molar-refractivity contribution is 0.886. The fourth-order valence-electron chi connectivity index (χ4n) is 1.70. The lowest BCUT2D eigenvalue weighted by Crippen LogP contribution is -2.00. The molecule has 0 saturated heterocycles. The summed E-state index contributed by atoms with van der Waals surface area (Å²) in [7, 11) is 1.15. The molecule has 0 aliphatic heterocycles. The molecule has 0 aromatic heterocycles. The number of rotatable bonds is 1. The van der Waals surface area contributed by atoms with Crippen molar-refractivity contribution in [2.75, 3.05) is 20.4 Å². The maximum atomic E-state index is 4.51. The molecule has 0 amide bonds. The Labute approximate surface area is 64.3 Å². The van der Waals surface area contributed by atoms with Gasteiger partial charge >= 0.3 is 0 Å². The van der Waals surface area contributed by atoms with Crippen molar-refractivity contribution < 1.29 is 0 Å². The molecule has 1 saturated carbocycles. The highest BCUT2D eigenvalue weighted by molar-refractivity contribution is 7.65. The fraction of sp³-hybridized carbons (Fsp3) is 1.00. The van der Waals surface area contributed by atoms with Gasteiger partial charge in [0.1, 0.15) is 0 Å². The van der Waals surface area contributed by atoms with Crippen molar-refractivity contribution >= 4 is 7.05 Å². The minimum atomic E-state index is -0.846. The van der Waals surface area contributed by atoms with E-state index in [2.05, 4.69) is 18.1 Å². The van der Waals surface area contributed by atoms with Gasteiger partial charge in [-0.3, -0.25) is 0 Å². The van der Waals surface area contributed by atoms with Crippen molar-refractivity contribution in [3.05, 3.63) is 0 Å². The first-order valence-corrected chi connectivity index (χ1v) is 6.82. The molecule has 10 heavy (non-hydrogen) atoms. The van der Waals surface area contributed by atoms with Crippen molar-refractivity contribution in [3.63, 3.8) is 0 Å². The van der Waals surface area contributed by atoms with Gasteiger partial charge in [-0.1, -0.05) is 12.8 Å². The van der Waals surface area contributed by atoms with Crippen LogP contribution < -0.4 is 0 Å². The van der Waals surface area contributed by atoms with E-state index in [9.17, 15) is 0 Å². The average Bonchev–Trinajstić information content (AvgIpc) is 2.38. The van der Waals surface area contributed by atoms with Crippen LogP contribution in [0, 0.1) is 0 Å². The number of hydrogen-bond donors (Lipinski definition) is 0. The first-order valence-electron chi connectivity index (χ1n) is 4.12. The van der Waals surface area contributed by atoms with Crippen molar-refractivity contribution in [3.8, 4) is 0 Å². The first kappa shape index (κ1) is 8.33. The first-order chi connectivity index (χ1) is 4.67. The van der Waals surface area contributed by atoms with E-state index in [0.29, 0.717) is 0 Å². The highest BCUT2D eigenvalue weighted by atomic mass is 31.2. The lowest BCUT2D eigenvalue weighted by Gasteiger charge is -2.20. The van der Waals surface area contributed by atoms with Crippen LogP contribution in [0.3, 0.4) is 0 Å². The highest BCUT2D eigenvalue weighted by Crippen LogP contribution is 2.52. The molecule has 0 aromatic carbocycles. The third-order valence-corrected chi connectivity index (χ3v) is 6.07. The van der Waals surface area contributed by atoms with Crippen LogP contribution in [0.25, 0.3) is 0 Å². The minimum absolute atomic E-state index is 0.846. The summed E-state index contributed by atoms with van der Waals surface area (Å²) < 4.78 is 4.51. The van der Waals surface area contributed by atoms with E-state index in [4.69, 9.17) is 0 Å². The van der Waals surface area contributed by atoms with Crippen LogP contribution in [0.1, 0.15) is 25.7 Å². The summed E-state index contributed by atoms with van der Waals surface area (Å²) in [6.07, 6.45) is 5.78. The second-order valence-electron chi connectivity index (χ2n) is 3.62. The molecule has 1 aliphatic carbocycles. The van der Waals surface area contributed by atoms with Gasteiger partial charge < -0.3 is 4.74 Å². The Bertz CT molecular complexity index is 151. The fourth-order valence-corrected chi connectivity index (χ4v) is 3.65. The van der Waals surface area contributed by atoms with Gasteiger partial charge in [0.2, 0.25) is 0 Å². The SMILES string of the molecule is CN=P(C)(C)C1CCCC1. The van der Waals surface area contributed by atoms with Crippen molar-refractivity contribution in [1.82, 2.24) is 0 Å². The zero-order chi connectivity index (χ0) is 7.61. The lowest BCUT2D eigenvalue weighted by atomic mass is 10.4. The molecule has 1 fully saturated rings. The molecule has 0 radical (unpaired) electrons. The van der Waals surface area contributed by atoms with Crippen molar-refractivity contribution in [1.29, 1.82) is 0 Å². The molecule has 1 nitrogen and oxygen atoms in total. The largest absolute Gasteiger partial charge is 0.307 e. The number of hydrogen-bond acceptors (Lipinski definition) is 1. The van der Waals surface area contributed by atoms with Gasteiger partial charge in [-0.15, -0.1) is 0 Å². The van der Waals surface area contributed by atoms with Crippen LogP contribution in [-0.2, 0) is 0 Å². The third-order valence-electron chi connectivity index (χ3n) is 2.73. The van der Waals surface area contributed by atoms with Gasteiger partial charge in [0.25, 0.3) is 0 Å². The molecule has 60 valence electrons. The summed E-state index contributed by atoms with van der Waals surface area (Å²) in [4.78, 5) is 0. The topological polar surface area (TPSA) is 12.4 Å². The van der Waals surface area contributed by atoms with E-state index in [-0.39, 0.29) is 0 Å².